The molecule has 12 aromatic carbocycles. The highest BCUT2D eigenvalue weighted by Crippen LogP contribution is 2.51. The van der Waals surface area contributed by atoms with Crippen LogP contribution in [0.3, 0.4) is 0 Å². The van der Waals surface area contributed by atoms with Crippen LogP contribution in [-0.2, 0) is 0 Å². The van der Waals surface area contributed by atoms with Crippen molar-refractivity contribution in [2.24, 2.45) is 0 Å². The Labute approximate surface area is 385 Å². The lowest BCUT2D eigenvalue weighted by Gasteiger charge is -2.28. The number of nitrogens with zero attached hydrogens (tertiary/aromatic N) is 2. The molecule has 0 heterocycles. The predicted molar refractivity (Wildman–Crippen MR) is 282 cm³/mol. The third kappa shape index (κ3) is 6.93. The molecule has 0 N–H and O–H groups in total. The van der Waals surface area contributed by atoms with Gasteiger partial charge in [0.25, 0.3) is 0 Å². The highest BCUT2D eigenvalue weighted by molar-refractivity contribution is 6.33. The SMILES string of the molecule is c1ccc(-c2cc(-c3ccc4ccccc4c3)c(-c3ccccc3)c3c4ccc(N(c5ccccc5)c5ccccc5)cc4c4cc(N(c5ccccc5)c5ccccc5)ccc4c23)cc1. The van der Waals surface area contributed by atoms with E-state index in [1.807, 2.05) is 0 Å². The summed E-state index contributed by atoms with van der Waals surface area (Å²) in [5, 5.41) is 9.69. The molecule has 0 aliphatic heterocycles. The quantitative estimate of drug-likeness (QED) is 0.134. The Morgan fingerprint density at radius 1 is 0.212 bits per heavy atom. The molecule has 66 heavy (non-hydrogen) atoms. The molecule has 12 rings (SSSR count). The van der Waals surface area contributed by atoms with Crippen LogP contribution in [0.1, 0.15) is 0 Å². The zero-order valence-electron chi connectivity index (χ0n) is 36.3. The first-order valence-corrected chi connectivity index (χ1v) is 22.7. The Hall–Kier alpha value is -8.72. The lowest BCUT2D eigenvalue weighted by Crippen LogP contribution is -2.10. The molecule has 0 amide bonds. The molecule has 0 aliphatic rings. The summed E-state index contributed by atoms with van der Waals surface area (Å²) in [5.41, 5.74) is 13.8. The predicted octanol–water partition coefficient (Wildman–Crippen LogP) is 18.2. The van der Waals surface area contributed by atoms with Gasteiger partial charge >= 0.3 is 0 Å². The fraction of sp³-hybridized carbons (Fsp3) is 0. The van der Waals surface area contributed by atoms with Crippen LogP contribution in [0.25, 0.3) is 76.5 Å². The first-order chi connectivity index (χ1) is 32.8. The van der Waals surface area contributed by atoms with Crippen molar-refractivity contribution < 1.29 is 0 Å². The van der Waals surface area contributed by atoms with Gasteiger partial charge < -0.3 is 9.80 Å². The van der Waals surface area contributed by atoms with Crippen LogP contribution in [0.5, 0.6) is 0 Å². The van der Waals surface area contributed by atoms with E-state index in [1.165, 1.54) is 76.5 Å². The number of benzene rings is 12. The van der Waals surface area contributed by atoms with Gasteiger partial charge in [-0.2, -0.15) is 0 Å². The van der Waals surface area contributed by atoms with Crippen LogP contribution in [-0.4, -0.2) is 0 Å². The molecule has 12 aromatic rings. The van der Waals surface area contributed by atoms with Crippen LogP contribution in [0.15, 0.2) is 267 Å². The van der Waals surface area contributed by atoms with Crippen molar-refractivity contribution in [2.75, 3.05) is 9.80 Å². The zero-order valence-corrected chi connectivity index (χ0v) is 36.3. The van der Waals surface area contributed by atoms with Crippen molar-refractivity contribution in [1.29, 1.82) is 0 Å². The first kappa shape index (κ1) is 38.9. The van der Waals surface area contributed by atoms with E-state index >= 15 is 0 Å². The molecule has 0 unspecified atom stereocenters. The molecule has 0 aliphatic carbocycles. The second-order valence-corrected chi connectivity index (χ2v) is 16.9. The van der Waals surface area contributed by atoms with Crippen molar-refractivity contribution >= 4 is 77.2 Å². The highest BCUT2D eigenvalue weighted by atomic mass is 15.1. The molecule has 0 aromatic heterocycles. The summed E-state index contributed by atoms with van der Waals surface area (Å²) in [6.07, 6.45) is 0. The van der Waals surface area contributed by atoms with Gasteiger partial charge in [0, 0.05) is 34.1 Å². The van der Waals surface area contributed by atoms with Gasteiger partial charge in [0.15, 0.2) is 0 Å². The molecule has 0 bridgehead atoms. The number of para-hydroxylation sites is 4. The van der Waals surface area contributed by atoms with E-state index in [1.54, 1.807) is 0 Å². The molecule has 0 saturated heterocycles. The molecular weight excluding hydrogens is 797 g/mol. The molecule has 0 radical (unpaired) electrons. The number of hydrogen-bond acceptors (Lipinski definition) is 2. The molecule has 2 heteroatoms. The van der Waals surface area contributed by atoms with Crippen LogP contribution >= 0.6 is 0 Å². The van der Waals surface area contributed by atoms with Crippen molar-refractivity contribution in [3.63, 3.8) is 0 Å². The topological polar surface area (TPSA) is 6.48 Å². The van der Waals surface area contributed by atoms with Crippen LogP contribution in [0, 0.1) is 0 Å². The fourth-order valence-electron chi connectivity index (χ4n) is 9.99. The van der Waals surface area contributed by atoms with Gasteiger partial charge in [0.1, 0.15) is 0 Å². The molecule has 310 valence electrons. The maximum absolute atomic E-state index is 2.46. The zero-order chi connectivity index (χ0) is 43.8. The van der Waals surface area contributed by atoms with E-state index in [-0.39, 0.29) is 0 Å². The third-order valence-corrected chi connectivity index (χ3v) is 12.9. The van der Waals surface area contributed by atoms with Crippen LogP contribution in [0.4, 0.5) is 34.1 Å². The minimum atomic E-state index is 1.09. The summed E-state index contributed by atoms with van der Waals surface area (Å²) in [7, 11) is 0. The second kappa shape index (κ2) is 16.8. The summed E-state index contributed by atoms with van der Waals surface area (Å²) in [4.78, 5) is 4.74. The summed E-state index contributed by atoms with van der Waals surface area (Å²) in [6.45, 7) is 0. The Bertz CT molecular complexity index is 3590. The van der Waals surface area contributed by atoms with Crippen molar-refractivity contribution in [1.82, 2.24) is 0 Å². The minimum Gasteiger partial charge on any atom is -0.310 e. The standard InChI is InChI=1S/C64H44N2/c1-7-22-46(23-8-1)58-44-59(49-36-35-45-21-19-20-26-48(45)41-49)62(47-24-9-2-10-25-47)64-57-40-38-55(66(52-31-15-5-16-32-52)53-33-17-6-18-34-53)43-61(57)60-42-54(37-39-56(60)63(58)64)65(50-27-11-3-12-28-50)51-29-13-4-14-30-51/h1-44H. The lowest BCUT2D eigenvalue weighted by atomic mass is 9.81. The van der Waals surface area contributed by atoms with Gasteiger partial charge in [-0.15, -0.1) is 0 Å². The van der Waals surface area contributed by atoms with Gasteiger partial charge in [-0.25, -0.2) is 0 Å². The number of hydrogen-bond donors (Lipinski definition) is 0. The lowest BCUT2D eigenvalue weighted by molar-refractivity contribution is 1.29. The normalized spacial score (nSPS) is 11.3. The summed E-state index contributed by atoms with van der Waals surface area (Å²) >= 11 is 0. The second-order valence-electron chi connectivity index (χ2n) is 16.9. The van der Waals surface area contributed by atoms with Crippen molar-refractivity contribution in [2.45, 2.75) is 0 Å². The van der Waals surface area contributed by atoms with E-state index < -0.39 is 0 Å². The summed E-state index contributed by atoms with van der Waals surface area (Å²) < 4.78 is 0. The van der Waals surface area contributed by atoms with E-state index in [9.17, 15) is 0 Å². The van der Waals surface area contributed by atoms with Crippen LogP contribution < -0.4 is 9.80 Å². The van der Waals surface area contributed by atoms with E-state index in [0.717, 1.165) is 34.1 Å². The number of anilines is 6. The first-order valence-electron chi connectivity index (χ1n) is 22.7. The molecule has 2 nitrogen and oxygen atoms in total. The number of rotatable bonds is 9. The van der Waals surface area contributed by atoms with E-state index in [0.29, 0.717) is 0 Å². The van der Waals surface area contributed by atoms with Gasteiger partial charge in [-0.05, 0) is 161 Å². The molecule has 0 atom stereocenters. The number of fused-ring (bicyclic) bond motifs is 7. The minimum absolute atomic E-state index is 1.09. The summed E-state index contributed by atoms with van der Waals surface area (Å²) in [6, 6.07) is 97.1. The average Bonchev–Trinajstić information content (AvgIpc) is 3.40. The van der Waals surface area contributed by atoms with Gasteiger partial charge in [-0.1, -0.05) is 182 Å². The third-order valence-electron chi connectivity index (χ3n) is 12.9. The molecule has 0 fully saturated rings. The molecular formula is C64H44N2. The average molecular weight is 841 g/mol. The van der Waals surface area contributed by atoms with Gasteiger partial charge in [-0.3, -0.25) is 0 Å². The Kier molecular flexibility index (Phi) is 9.89. The fourth-order valence-corrected chi connectivity index (χ4v) is 9.99. The maximum atomic E-state index is 2.46. The van der Waals surface area contributed by atoms with E-state index in [2.05, 4.69) is 277 Å². The monoisotopic (exact) mass is 840 g/mol. The smallest absolute Gasteiger partial charge is 0.0468 e. The Balaban J connectivity index is 1.26. The van der Waals surface area contributed by atoms with Gasteiger partial charge in [0.05, 0.1) is 0 Å². The largest absolute Gasteiger partial charge is 0.310 e. The van der Waals surface area contributed by atoms with Gasteiger partial charge in [0.2, 0.25) is 0 Å². The van der Waals surface area contributed by atoms with Crippen molar-refractivity contribution in [3.8, 4) is 33.4 Å². The van der Waals surface area contributed by atoms with E-state index in [4.69, 9.17) is 0 Å². The Morgan fingerprint density at radius 2 is 0.621 bits per heavy atom. The summed E-state index contributed by atoms with van der Waals surface area (Å²) in [5.74, 6) is 0. The van der Waals surface area contributed by atoms with Crippen molar-refractivity contribution in [3.05, 3.63) is 267 Å². The Morgan fingerprint density at radius 3 is 1.11 bits per heavy atom. The highest BCUT2D eigenvalue weighted by Gasteiger charge is 2.24. The van der Waals surface area contributed by atoms with Crippen LogP contribution in [0.2, 0.25) is 0 Å². The maximum Gasteiger partial charge on any atom is 0.0468 e. The molecule has 0 saturated carbocycles. The molecule has 0 spiro atoms.